The van der Waals surface area contributed by atoms with E-state index in [1.54, 1.807) is 11.9 Å². The minimum atomic E-state index is 0. The van der Waals surface area contributed by atoms with E-state index in [0.717, 1.165) is 30.4 Å². The number of benzene rings is 1. The molecule has 1 rings (SSSR count). The lowest BCUT2D eigenvalue weighted by molar-refractivity contribution is -0.130. The number of amides is 1. The maximum atomic E-state index is 12.2. The lowest BCUT2D eigenvalue weighted by Crippen LogP contribution is -2.39. The minimum absolute atomic E-state index is 0. The van der Waals surface area contributed by atoms with Crippen molar-refractivity contribution >= 4 is 35.8 Å². The van der Waals surface area contributed by atoms with Gasteiger partial charge in [0.05, 0.1) is 0 Å². The van der Waals surface area contributed by atoms with Gasteiger partial charge in [-0.3, -0.25) is 9.79 Å². The van der Waals surface area contributed by atoms with Crippen LogP contribution in [-0.2, 0) is 11.3 Å². The van der Waals surface area contributed by atoms with Crippen LogP contribution in [0.25, 0.3) is 0 Å². The summed E-state index contributed by atoms with van der Waals surface area (Å²) in [5.74, 6) is 1.61. The quantitative estimate of drug-likeness (QED) is 0.258. The molecule has 0 atom stereocenters. The Balaban J connectivity index is 0.00000576. The molecule has 0 saturated carbocycles. The van der Waals surface area contributed by atoms with Gasteiger partial charge in [0.2, 0.25) is 5.91 Å². The minimum Gasteiger partial charge on any atom is -0.356 e. The molecule has 0 aliphatic carbocycles. The standard InChI is InChI=1S/C19H32N4O.HI/c1-16(2)9-8-13-21-19(20-3)22-14-12-18(24)23(4)15-17-10-6-5-7-11-17;/h5-7,10-11,16H,8-9,12-15H2,1-4H3,(H2,20,21,22);1H. The summed E-state index contributed by atoms with van der Waals surface area (Å²) >= 11 is 0. The predicted molar refractivity (Wildman–Crippen MR) is 116 cm³/mol. The van der Waals surface area contributed by atoms with Crippen molar-refractivity contribution in [2.45, 2.75) is 39.7 Å². The van der Waals surface area contributed by atoms with E-state index in [2.05, 4.69) is 29.5 Å². The SMILES string of the molecule is CN=C(NCCCC(C)C)NCCC(=O)N(C)Cc1ccccc1.I. The lowest BCUT2D eigenvalue weighted by atomic mass is 10.1. The van der Waals surface area contributed by atoms with Crippen LogP contribution in [0.4, 0.5) is 0 Å². The molecule has 0 aliphatic rings. The summed E-state index contributed by atoms with van der Waals surface area (Å²) < 4.78 is 0. The third-order valence-corrected chi connectivity index (χ3v) is 3.79. The first-order valence-electron chi connectivity index (χ1n) is 8.75. The van der Waals surface area contributed by atoms with Crippen molar-refractivity contribution in [3.63, 3.8) is 0 Å². The molecular formula is C19H33IN4O. The summed E-state index contributed by atoms with van der Waals surface area (Å²) in [6.45, 7) is 6.58. The van der Waals surface area contributed by atoms with Crippen LogP contribution in [0, 0.1) is 5.92 Å². The fourth-order valence-corrected chi connectivity index (χ4v) is 2.36. The Bertz CT molecular complexity index is 505. The summed E-state index contributed by atoms with van der Waals surface area (Å²) in [5.41, 5.74) is 1.14. The van der Waals surface area contributed by atoms with E-state index in [0.29, 0.717) is 19.5 Å². The first-order chi connectivity index (χ1) is 11.5. The van der Waals surface area contributed by atoms with E-state index in [1.807, 2.05) is 37.4 Å². The number of guanidine groups is 1. The van der Waals surface area contributed by atoms with Gasteiger partial charge in [-0.15, -0.1) is 24.0 Å². The van der Waals surface area contributed by atoms with E-state index >= 15 is 0 Å². The Morgan fingerprint density at radius 2 is 1.80 bits per heavy atom. The average Bonchev–Trinajstić information content (AvgIpc) is 2.57. The second-order valence-corrected chi connectivity index (χ2v) is 6.45. The second kappa shape index (κ2) is 13.9. The van der Waals surface area contributed by atoms with Crippen molar-refractivity contribution < 1.29 is 4.79 Å². The van der Waals surface area contributed by atoms with Gasteiger partial charge in [0, 0.05) is 40.2 Å². The number of carbonyl (C=O) groups is 1. The lowest BCUT2D eigenvalue weighted by Gasteiger charge is -2.18. The van der Waals surface area contributed by atoms with Crippen molar-refractivity contribution in [3.05, 3.63) is 35.9 Å². The van der Waals surface area contributed by atoms with Crippen molar-refractivity contribution in [2.75, 3.05) is 27.2 Å². The molecule has 0 heterocycles. The van der Waals surface area contributed by atoms with Gasteiger partial charge in [-0.25, -0.2) is 0 Å². The van der Waals surface area contributed by atoms with Crippen molar-refractivity contribution in [2.24, 2.45) is 10.9 Å². The molecule has 1 aromatic carbocycles. The van der Waals surface area contributed by atoms with Gasteiger partial charge in [-0.2, -0.15) is 0 Å². The Labute approximate surface area is 169 Å². The first-order valence-corrected chi connectivity index (χ1v) is 8.75. The molecule has 1 aromatic rings. The van der Waals surface area contributed by atoms with Crippen LogP contribution in [0.5, 0.6) is 0 Å². The van der Waals surface area contributed by atoms with Gasteiger partial charge in [0.1, 0.15) is 0 Å². The summed E-state index contributed by atoms with van der Waals surface area (Å²) in [7, 11) is 3.59. The summed E-state index contributed by atoms with van der Waals surface area (Å²) in [5, 5.41) is 6.48. The number of nitrogens with one attached hydrogen (secondary N) is 2. The van der Waals surface area contributed by atoms with Gasteiger partial charge in [0.25, 0.3) is 0 Å². The molecular weight excluding hydrogens is 427 g/mol. The van der Waals surface area contributed by atoms with Crippen molar-refractivity contribution in [1.82, 2.24) is 15.5 Å². The summed E-state index contributed by atoms with van der Waals surface area (Å²) in [6, 6.07) is 10.0. The average molecular weight is 460 g/mol. The van der Waals surface area contributed by atoms with E-state index in [1.165, 1.54) is 6.42 Å². The Hall–Kier alpha value is -1.31. The zero-order valence-corrected chi connectivity index (χ0v) is 18.2. The predicted octanol–water partition coefficient (Wildman–Crippen LogP) is 3.25. The number of rotatable bonds is 9. The highest BCUT2D eigenvalue weighted by molar-refractivity contribution is 14.0. The van der Waals surface area contributed by atoms with Crippen LogP contribution < -0.4 is 10.6 Å². The Morgan fingerprint density at radius 1 is 1.16 bits per heavy atom. The number of hydrogen-bond acceptors (Lipinski definition) is 2. The molecule has 0 unspecified atom stereocenters. The van der Waals surface area contributed by atoms with E-state index in [-0.39, 0.29) is 29.9 Å². The fraction of sp³-hybridized carbons (Fsp3) is 0.579. The van der Waals surface area contributed by atoms with Crippen LogP contribution in [0.1, 0.15) is 38.7 Å². The molecule has 0 aliphatic heterocycles. The highest BCUT2D eigenvalue weighted by Crippen LogP contribution is 2.04. The van der Waals surface area contributed by atoms with Crippen LogP contribution in [-0.4, -0.2) is 44.0 Å². The van der Waals surface area contributed by atoms with E-state index in [4.69, 9.17) is 0 Å². The third-order valence-electron chi connectivity index (χ3n) is 3.79. The normalized spacial score (nSPS) is 11.0. The zero-order valence-electron chi connectivity index (χ0n) is 15.9. The molecule has 5 nitrogen and oxygen atoms in total. The van der Waals surface area contributed by atoms with E-state index < -0.39 is 0 Å². The molecule has 2 N–H and O–H groups in total. The maximum Gasteiger partial charge on any atom is 0.224 e. The van der Waals surface area contributed by atoms with Gasteiger partial charge in [-0.1, -0.05) is 44.2 Å². The number of aliphatic imine (C=N–C) groups is 1. The largest absolute Gasteiger partial charge is 0.356 e. The number of halogens is 1. The fourth-order valence-electron chi connectivity index (χ4n) is 2.36. The molecule has 25 heavy (non-hydrogen) atoms. The van der Waals surface area contributed by atoms with Gasteiger partial charge in [-0.05, 0) is 24.3 Å². The van der Waals surface area contributed by atoms with Crippen molar-refractivity contribution in [3.8, 4) is 0 Å². The first kappa shape index (κ1) is 23.7. The summed E-state index contributed by atoms with van der Waals surface area (Å²) in [4.78, 5) is 18.1. The van der Waals surface area contributed by atoms with Crippen LogP contribution in [0.2, 0.25) is 0 Å². The highest BCUT2D eigenvalue weighted by atomic mass is 127. The molecule has 1 amide bonds. The molecule has 0 aromatic heterocycles. The molecule has 142 valence electrons. The van der Waals surface area contributed by atoms with E-state index in [9.17, 15) is 4.79 Å². The molecule has 0 bridgehead atoms. The van der Waals surface area contributed by atoms with Gasteiger partial charge < -0.3 is 15.5 Å². The van der Waals surface area contributed by atoms with Gasteiger partial charge >= 0.3 is 0 Å². The topological polar surface area (TPSA) is 56.7 Å². The number of carbonyl (C=O) groups excluding carboxylic acids is 1. The molecule has 0 saturated heterocycles. The molecule has 0 spiro atoms. The Kier molecular flexibility index (Phi) is 13.2. The van der Waals surface area contributed by atoms with Crippen LogP contribution in [0.15, 0.2) is 35.3 Å². The van der Waals surface area contributed by atoms with Gasteiger partial charge in [0.15, 0.2) is 5.96 Å². The monoisotopic (exact) mass is 460 g/mol. The Morgan fingerprint density at radius 3 is 2.40 bits per heavy atom. The number of nitrogens with zero attached hydrogens (tertiary/aromatic N) is 2. The number of hydrogen-bond donors (Lipinski definition) is 2. The summed E-state index contributed by atoms with van der Waals surface area (Å²) in [6.07, 6.45) is 2.78. The van der Waals surface area contributed by atoms with Crippen LogP contribution >= 0.6 is 24.0 Å². The third kappa shape index (κ3) is 11.0. The smallest absolute Gasteiger partial charge is 0.224 e. The highest BCUT2D eigenvalue weighted by Gasteiger charge is 2.09. The molecule has 0 fully saturated rings. The zero-order chi connectivity index (χ0) is 17.8. The van der Waals surface area contributed by atoms with Crippen LogP contribution in [0.3, 0.4) is 0 Å². The maximum absolute atomic E-state index is 12.2. The molecule has 0 radical (unpaired) electrons. The molecule has 6 heteroatoms. The second-order valence-electron chi connectivity index (χ2n) is 6.45. The van der Waals surface area contributed by atoms with Crippen molar-refractivity contribution in [1.29, 1.82) is 0 Å².